The Bertz CT molecular complexity index is 873. The van der Waals surface area contributed by atoms with Crippen molar-refractivity contribution < 1.29 is 9.47 Å². The molecule has 1 spiro atoms. The molecule has 6 heteroatoms. The minimum absolute atomic E-state index is 0.102. The van der Waals surface area contributed by atoms with Gasteiger partial charge < -0.3 is 9.47 Å². The fraction of sp³-hybridized carbons (Fsp3) is 0.421. The molecule has 25 heavy (non-hydrogen) atoms. The number of ether oxygens (including phenoxy) is 2. The molecule has 0 saturated heterocycles. The molecular weight excluding hydrogens is 318 g/mol. The van der Waals surface area contributed by atoms with Gasteiger partial charge in [-0.2, -0.15) is 5.26 Å². The Balaban J connectivity index is 1.77. The zero-order valence-electron chi connectivity index (χ0n) is 14.0. The first-order chi connectivity index (χ1) is 12.1. The highest BCUT2D eigenvalue weighted by Crippen LogP contribution is 2.51. The monoisotopic (exact) mass is 337 g/mol. The van der Waals surface area contributed by atoms with Crippen LogP contribution in [0.3, 0.4) is 0 Å². The molecule has 1 aliphatic carbocycles. The lowest BCUT2D eigenvalue weighted by atomic mass is 9.77. The Labute approximate surface area is 145 Å². The summed E-state index contributed by atoms with van der Waals surface area (Å²) in [6, 6.07) is 10.6. The van der Waals surface area contributed by atoms with Gasteiger partial charge in [0, 0.05) is 23.6 Å². The Kier molecular flexibility index (Phi) is 3.72. The molecule has 6 nitrogen and oxygen atoms in total. The topological polar surface area (TPSA) is 88.0 Å². The quantitative estimate of drug-likeness (QED) is 0.909. The van der Waals surface area contributed by atoms with E-state index in [2.05, 4.69) is 23.2 Å². The molecule has 2 aliphatic rings. The maximum atomic E-state index is 11.2. The van der Waals surface area contributed by atoms with Gasteiger partial charge in [0.05, 0.1) is 11.6 Å². The Morgan fingerprint density at radius 1 is 1.32 bits per heavy atom. The summed E-state index contributed by atoms with van der Waals surface area (Å²) in [5.74, 6) is 1.23. The van der Waals surface area contributed by atoms with Gasteiger partial charge in [-0.05, 0) is 43.9 Å². The van der Waals surface area contributed by atoms with Gasteiger partial charge in [0.2, 0.25) is 5.88 Å². The summed E-state index contributed by atoms with van der Waals surface area (Å²) in [5.41, 5.74) is 0.914. The number of fused-ring (bicyclic) bond motifs is 1. The molecule has 1 aromatic carbocycles. The predicted molar refractivity (Wildman–Crippen MR) is 90.4 cm³/mol. The molecule has 0 radical (unpaired) electrons. The molecule has 0 bridgehead atoms. The van der Waals surface area contributed by atoms with Gasteiger partial charge in [-0.3, -0.25) is 4.79 Å². The summed E-state index contributed by atoms with van der Waals surface area (Å²) in [6.45, 7) is 2.13. The van der Waals surface area contributed by atoms with E-state index in [1.54, 1.807) is 12.1 Å². The Hall–Kier alpha value is -2.81. The normalized spacial score (nSPS) is 23.5. The molecule has 1 fully saturated rings. The number of H-pyrrole nitrogens is 1. The SMILES string of the molecule is CC1C(Oc2ccc(=O)[nH]n2)c2cc(C#N)ccc2OC12CCCC2. The second-order valence-electron chi connectivity index (χ2n) is 6.82. The van der Waals surface area contributed by atoms with Crippen LogP contribution in [0.2, 0.25) is 0 Å². The van der Waals surface area contributed by atoms with Gasteiger partial charge in [0.15, 0.2) is 0 Å². The van der Waals surface area contributed by atoms with Crippen molar-refractivity contribution in [2.45, 2.75) is 44.3 Å². The summed E-state index contributed by atoms with van der Waals surface area (Å²) in [4.78, 5) is 11.2. The largest absolute Gasteiger partial charge is 0.486 e. The highest BCUT2D eigenvalue weighted by molar-refractivity contribution is 5.46. The van der Waals surface area contributed by atoms with Crippen LogP contribution >= 0.6 is 0 Å². The maximum absolute atomic E-state index is 11.2. The van der Waals surface area contributed by atoms with E-state index in [0.717, 1.165) is 37.0 Å². The number of aromatic amines is 1. The van der Waals surface area contributed by atoms with Gasteiger partial charge in [0.1, 0.15) is 17.5 Å². The van der Waals surface area contributed by atoms with Crippen LogP contribution in [0, 0.1) is 17.2 Å². The number of benzene rings is 1. The van der Waals surface area contributed by atoms with Gasteiger partial charge in [-0.25, -0.2) is 5.10 Å². The highest BCUT2D eigenvalue weighted by Gasteiger charge is 2.50. The van der Waals surface area contributed by atoms with E-state index in [1.807, 2.05) is 12.1 Å². The molecular formula is C19H19N3O3. The van der Waals surface area contributed by atoms with Crippen molar-refractivity contribution in [1.82, 2.24) is 10.2 Å². The molecule has 1 saturated carbocycles. The van der Waals surface area contributed by atoms with Crippen molar-refractivity contribution in [3.05, 3.63) is 51.8 Å². The number of nitrogens with zero attached hydrogens (tertiary/aromatic N) is 2. The van der Waals surface area contributed by atoms with Crippen LogP contribution in [0.1, 0.15) is 49.8 Å². The summed E-state index contributed by atoms with van der Waals surface area (Å²) in [6.07, 6.45) is 3.98. The lowest BCUT2D eigenvalue weighted by molar-refractivity contribution is -0.0560. The van der Waals surface area contributed by atoms with Crippen molar-refractivity contribution >= 4 is 0 Å². The Morgan fingerprint density at radius 2 is 2.12 bits per heavy atom. The van der Waals surface area contributed by atoms with Gasteiger partial charge in [-0.15, -0.1) is 5.10 Å². The number of rotatable bonds is 2. The number of aromatic nitrogens is 2. The van der Waals surface area contributed by atoms with Crippen LogP contribution < -0.4 is 15.0 Å². The van der Waals surface area contributed by atoms with Crippen molar-refractivity contribution in [2.75, 3.05) is 0 Å². The zero-order valence-corrected chi connectivity index (χ0v) is 14.0. The van der Waals surface area contributed by atoms with E-state index in [0.29, 0.717) is 11.4 Å². The van der Waals surface area contributed by atoms with E-state index in [9.17, 15) is 10.1 Å². The lowest BCUT2D eigenvalue weighted by Crippen LogP contribution is -2.47. The third-order valence-electron chi connectivity index (χ3n) is 5.39. The summed E-state index contributed by atoms with van der Waals surface area (Å²) in [5, 5.41) is 15.6. The van der Waals surface area contributed by atoms with Crippen molar-refractivity contribution in [2.24, 2.45) is 5.92 Å². The minimum atomic E-state index is -0.284. The van der Waals surface area contributed by atoms with Crippen LogP contribution in [-0.2, 0) is 0 Å². The molecule has 2 atom stereocenters. The molecule has 1 aliphatic heterocycles. The van der Waals surface area contributed by atoms with Crippen molar-refractivity contribution in [3.8, 4) is 17.7 Å². The van der Waals surface area contributed by atoms with E-state index in [4.69, 9.17) is 9.47 Å². The van der Waals surface area contributed by atoms with Gasteiger partial charge in [0.25, 0.3) is 5.56 Å². The lowest BCUT2D eigenvalue weighted by Gasteiger charge is -2.45. The average Bonchev–Trinajstić information content (AvgIpc) is 3.10. The van der Waals surface area contributed by atoms with Crippen LogP contribution in [0.4, 0.5) is 0 Å². The second-order valence-corrected chi connectivity index (χ2v) is 6.82. The number of nitriles is 1. The second kappa shape index (κ2) is 5.92. The molecule has 2 heterocycles. The standard InChI is InChI=1S/C19H19N3O3/c1-12-18(24-17-7-6-16(23)21-22-17)14-10-13(11-20)4-5-15(14)25-19(12)8-2-3-9-19/h4-7,10,12,18H,2-3,8-9H2,1H3,(H,21,23). The first-order valence-electron chi connectivity index (χ1n) is 8.57. The highest BCUT2D eigenvalue weighted by atomic mass is 16.5. The van der Waals surface area contributed by atoms with E-state index in [1.165, 1.54) is 6.07 Å². The van der Waals surface area contributed by atoms with Crippen molar-refractivity contribution in [1.29, 1.82) is 5.26 Å². The Morgan fingerprint density at radius 3 is 2.80 bits per heavy atom. The third-order valence-corrected chi connectivity index (χ3v) is 5.39. The van der Waals surface area contributed by atoms with E-state index >= 15 is 0 Å². The molecule has 2 unspecified atom stereocenters. The molecule has 1 N–H and O–H groups in total. The predicted octanol–water partition coefficient (Wildman–Crippen LogP) is 3.10. The van der Waals surface area contributed by atoms with Gasteiger partial charge >= 0.3 is 0 Å². The molecule has 0 amide bonds. The summed E-state index contributed by atoms with van der Waals surface area (Å²) < 4.78 is 12.6. The molecule has 1 aromatic heterocycles. The maximum Gasteiger partial charge on any atom is 0.264 e. The molecule has 2 aromatic rings. The van der Waals surface area contributed by atoms with Crippen LogP contribution in [0.5, 0.6) is 11.6 Å². The average molecular weight is 337 g/mol. The van der Waals surface area contributed by atoms with E-state index < -0.39 is 0 Å². The van der Waals surface area contributed by atoms with Crippen LogP contribution in [0.25, 0.3) is 0 Å². The smallest absolute Gasteiger partial charge is 0.264 e. The van der Waals surface area contributed by atoms with Gasteiger partial charge in [-0.1, -0.05) is 6.92 Å². The van der Waals surface area contributed by atoms with Crippen LogP contribution in [0.15, 0.2) is 35.1 Å². The molecule has 128 valence electrons. The van der Waals surface area contributed by atoms with E-state index in [-0.39, 0.29) is 23.2 Å². The fourth-order valence-corrected chi connectivity index (χ4v) is 4.01. The number of nitrogens with one attached hydrogen (secondary N) is 1. The summed E-state index contributed by atoms with van der Waals surface area (Å²) in [7, 11) is 0. The number of hydrogen-bond donors (Lipinski definition) is 1. The first kappa shape index (κ1) is 15.7. The fourth-order valence-electron chi connectivity index (χ4n) is 4.01. The minimum Gasteiger partial charge on any atom is -0.486 e. The van der Waals surface area contributed by atoms with Crippen LogP contribution in [-0.4, -0.2) is 15.8 Å². The number of hydrogen-bond acceptors (Lipinski definition) is 5. The third kappa shape index (κ3) is 2.66. The van der Waals surface area contributed by atoms with Crippen molar-refractivity contribution in [3.63, 3.8) is 0 Å². The zero-order chi connectivity index (χ0) is 17.4. The molecule has 4 rings (SSSR count). The summed E-state index contributed by atoms with van der Waals surface area (Å²) >= 11 is 0. The first-order valence-corrected chi connectivity index (χ1v) is 8.57.